The summed E-state index contributed by atoms with van der Waals surface area (Å²) in [6.45, 7) is 0. The van der Waals surface area contributed by atoms with E-state index in [1.807, 2.05) is 0 Å². The first-order valence-corrected chi connectivity index (χ1v) is 8.81. The highest BCUT2D eigenvalue weighted by molar-refractivity contribution is 8.02. The monoisotopic (exact) mass is 388 g/mol. The van der Waals surface area contributed by atoms with Gasteiger partial charge in [0.25, 0.3) is 5.91 Å². The third kappa shape index (κ3) is 4.17. The van der Waals surface area contributed by atoms with Gasteiger partial charge in [-0.1, -0.05) is 0 Å². The van der Waals surface area contributed by atoms with Gasteiger partial charge in [-0.3, -0.25) is 4.79 Å². The van der Waals surface area contributed by atoms with Crippen molar-refractivity contribution in [2.75, 3.05) is 18.2 Å². The van der Waals surface area contributed by atoms with Crippen molar-refractivity contribution in [3.63, 3.8) is 0 Å². The molecule has 0 radical (unpaired) electrons. The second-order valence-corrected chi connectivity index (χ2v) is 6.58. The maximum atomic E-state index is 13.3. The van der Waals surface area contributed by atoms with Gasteiger partial charge in [0.1, 0.15) is 23.2 Å². The van der Waals surface area contributed by atoms with Crippen molar-refractivity contribution in [3.05, 3.63) is 59.1 Å². The van der Waals surface area contributed by atoms with Crippen LogP contribution in [0.3, 0.4) is 0 Å². The molecule has 1 aliphatic rings. The molecule has 0 spiro atoms. The van der Waals surface area contributed by atoms with Crippen molar-refractivity contribution in [2.45, 2.75) is 5.54 Å². The number of anilines is 2. The fraction of sp³-hybridized carbons (Fsp3) is 0.167. The minimum atomic E-state index is -1.12. The van der Waals surface area contributed by atoms with Crippen LogP contribution in [0.5, 0.6) is 5.75 Å². The van der Waals surface area contributed by atoms with Crippen LogP contribution >= 0.6 is 11.8 Å². The number of hydrogen-bond donors (Lipinski definition) is 2. The van der Waals surface area contributed by atoms with Crippen molar-refractivity contribution in [1.82, 2.24) is 10.3 Å². The molecular formula is C18H14F2N4O2S. The number of methoxy groups -OCH3 is 1. The van der Waals surface area contributed by atoms with Gasteiger partial charge in [-0.05, 0) is 35.7 Å². The fourth-order valence-electron chi connectivity index (χ4n) is 2.45. The van der Waals surface area contributed by atoms with Gasteiger partial charge < -0.3 is 15.4 Å². The van der Waals surface area contributed by atoms with Crippen molar-refractivity contribution >= 4 is 29.2 Å². The summed E-state index contributed by atoms with van der Waals surface area (Å²) in [5, 5.41) is 16.5. The van der Waals surface area contributed by atoms with Gasteiger partial charge in [-0.15, -0.1) is 11.8 Å². The Bertz CT molecular complexity index is 941. The van der Waals surface area contributed by atoms with Crippen LogP contribution in [-0.2, 0) is 0 Å². The topological polar surface area (TPSA) is 87.0 Å². The lowest BCUT2D eigenvalue weighted by molar-refractivity contribution is 0.0928. The van der Waals surface area contributed by atoms with Gasteiger partial charge in [0, 0.05) is 17.5 Å². The summed E-state index contributed by atoms with van der Waals surface area (Å²) in [5.74, 6) is -1.32. The molecule has 1 aromatic carbocycles. The molecule has 3 rings (SSSR count). The van der Waals surface area contributed by atoms with Crippen LogP contribution in [0.1, 0.15) is 10.5 Å². The largest absolute Gasteiger partial charge is 0.494 e. The van der Waals surface area contributed by atoms with E-state index in [0.29, 0.717) is 5.75 Å². The molecule has 1 unspecified atom stereocenters. The number of aromatic nitrogens is 1. The summed E-state index contributed by atoms with van der Waals surface area (Å²) in [4.78, 5) is 16.8. The van der Waals surface area contributed by atoms with Crippen LogP contribution in [0.2, 0.25) is 0 Å². The highest BCUT2D eigenvalue weighted by Crippen LogP contribution is 2.27. The number of carbonyl (C=O) groups is 1. The Morgan fingerprint density at radius 3 is 2.67 bits per heavy atom. The minimum Gasteiger partial charge on any atom is -0.494 e. The molecule has 1 aromatic heterocycles. The normalized spacial score (nSPS) is 18.0. The molecule has 0 aliphatic carbocycles. The molecule has 1 aliphatic heterocycles. The summed E-state index contributed by atoms with van der Waals surface area (Å²) >= 11 is 1.41. The van der Waals surface area contributed by atoms with Gasteiger partial charge in [0.2, 0.25) is 0 Å². The number of thioether (sulfide) groups is 1. The highest BCUT2D eigenvalue weighted by atomic mass is 32.2. The van der Waals surface area contributed by atoms with Crippen molar-refractivity contribution in [1.29, 1.82) is 5.26 Å². The molecule has 6 nitrogen and oxygen atoms in total. The number of nitrogens with one attached hydrogen (secondary N) is 2. The summed E-state index contributed by atoms with van der Waals surface area (Å²) < 4.78 is 31.8. The van der Waals surface area contributed by atoms with E-state index in [0.717, 1.165) is 18.2 Å². The Morgan fingerprint density at radius 2 is 2.07 bits per heavy atom. The van der Waals surface area contributed by atoms with Crippen LogP contribution in [0.15, 0.2) is 41.8 Å². The van der Waals surface area contributed by atoms with E-state index in [2.05, 4.69) is 21.7 Å². The zero-order valence-electron chi connectivity index (χ0n) is 14.1. The van der Waals surface area contributed by atoms with Crippen LogP contribution in [0.25, 0.3) is 0 Å². The quantitative estimate of drug-likeness (QED) is 0.817. The Kier molecular flexibility index (Phi) is 5.28. The molecule has 9 heteroatoms. The first kappa shape index (κ1) is 18.7. The van der Waals surface area contributed by atoms with Gasteiger partial charge in [-0.2, -0.15) is 5.26 Å². The van der Waals surface area contributed by atoms with Crippen LogP contribution in [0.4, 0.5) is 20.3 Å². The number of carbonyl (C=O) groups excluding carboxylic acids is 1. The molecule has 0 bridgehead atoms. The van der Waals surface area contributed by atoms with Gasteiger partial charge in [0.15, 0.2) is 11.2 Å². The number of halogens is 2. The first-order chi connectivity index (χ1) is 12.9. The van der Waals surface area contributed by atoms with Crippen molar-refractivity contribution in [2.24, 2.45) is 0 Å². The Morgan fingerprint density at radius 1 is 1.33 bits per heavy atom. The van der Waals surface area contributed by atoms with Crippen molar-refractivity contribution in [3.8, 4) is 11.8 Å². The smallest absolute Gasteiger partial charge is 0.275 e. The van der Waals surface area contributed by atoms with Crippen molar-refractivity contribution < 1.29 is 18.3 Å². The van der Waals surface area contributed by atoms with E-state index in [1.165, 1.54) is 31.0 Å². The highest BCUT2D eigenvalue weighted by Gasteiger charge is 2.33. The summed E-state index contributed by atoms with van der Waals surface area (Å²) in [6.07, 6.45) is 1.61. The van der Waals surface area contributed by atoms with Crippen LogP contribution < -0.4 is 15.4 Å². The standard InChI is InChI=1S/C18H14F2N4O2S/c1-26-14-2-3-15(22-13-7-11(19)6-12(20)8-13)23-16(14)17(25)24-18(9-21)4-5-27-10-18/h2-8H,10H2,1H3,(H,22,23)(H,24,25). The van der Waals surface area contributed by atoms with E-state index in [4.69, 9.17) is 4.74 Å². The zero-order valence-corrected chi connectivity index (χ0v) is 14.9. The first-order valence-electron chi connectivity index (χ1n) is 7.76. The number of rotatable bonds is 5. The molecule has 1 atom stereocenters. The van der Waals surface area contributed by atoms with Gasteiger partial charge in [0.05, 0.1) is 13.2 Å². The lowest BCUT2D eigenvalue weighted by Crippen LogP contribution is -2.46. The third-order valence-corrected chi connectivity index (χ3v) is 4.67. The number of benzene rings is 1. The Balaban J connectivity index is 1.88. The molecule has 2 N–H and O–H groups in total. The van der Waals surface area contributed by atoms with Gasteiger partial charge in [-0.25, -0.2) is 13.8 Å². The van der Waals surface area contributed by atoms with E-state index < -0.39 is 23.1 Å². The van der Waals surface area contributed by atoms with E-state index in [-0.39, 0.29) is 22.9 Å². The predicted octanol–water partition coefficient (Wildman–Crippen LogP) is 3.36. The molecule has 27 heavy (non-hydrogen) atoms. The maximum Gasteiger partial charge on any atom is 0.275 e. The summed E-state index contributed by atoms with van der Waals surface area (Å²) in [6, 6.07) is 8.02. The van der Waals surface area contributed by atoms with Crippen LogP contribution in [-0.4, -0.2) is 29.3 Å². The molecule has 2 heterocycles. The molecule has 1 amide bonds. The number of nitrogens with zero attached hydrogens (tertiary/aromatic N) is 2. The maximum absolute atomic E-state index is 13.3. The van der Waals surface area contributed by atoms with E-state index >= 15 is 0 Å². The number of nitriles is 1. The fourth-order valence-corrected chi connectivity index (χ4v) is 3.37. The van der Waals surface area contributed by atoms with E-state index in [9.17, 15) is 18.8 Å². The Labute approximate surface area is 158 Å². The van der Waals surface area contributed by atoms with E-state index in [1.54, 1.807) is 11.5 Å². The second kappa shape index (κ2) is 7.63. The van der Waals surface area contributed by atoms with Crippen LogP contribution in [0, 0.1) is 23.0 Å². The zero-order chi connectivity index (χ0) is 19.4. The average Bonchev–Trinajstić information content (AvgIpc) is 3.09. The molecule has 138 valence electrons. The molecule has 2 aromatic rings. The molecule has 0 saturated heterocycles. The molecular weight excluding hydrogens is 374 g/mol. The predicted molar refractivity (Wildman–Crippen MR) is 97.8 cm³/mol. The molecule has 0 saturated carbocycles. The SMILES string of the molecule is COc1ccc(Nc2cc(F)cc(F)c2)nc1C(=O)NC1(C#N)C=CSC1. The lowest BCUT2D eigenvalue weighted by atomic mass is 10.0. The van der Waals surface area contributed by atoms with Gasteiger partial charge >= 0.3 is 0 Å². The third-order valence-electron chi connectivity index (χ3n) is 3.72. The number of hydrogen-bond acceptors (Lipinski definition) is 6. The summed E-state index contributed by atoms with van der Waals surface area (Å²) in [5.41, 5.74) is -1.04. The lowest BCUT2D eigenvalue weighted by Gasteiger charge is -2.20. The Hall–Kier alpha value is -3.12. The minimum absolute atomic E-state index is 0.0562. The molecule has 0 fully saturated rings. The number of amides is 1. The average molecular weight is 388 g/mol. The number of ether oxygens (including phenoxy) is 1. The summed E-state index contributed by atoms with van der Waals surface area (Å²) in [7, 11) is 1.38. The number of pyridine rings is 1. The second-order valence-electron chi connectivity index (χ2n) is 5.68.